The molecule has 0 amide bonds. The molecule has 14 heavy (non-hydrogen) atoms. The summed E-state index contributed by atoms with van der Waals surface area (Å²) in [5, 5.41) is 8.41. The van der Waals surface area contributed by atoms with Crippen LogP contribution in [0.25, 0.3) is 0 Å². The fourth-order valence-electron chi connectivity index (χ4n) is 0.567. The van der Waals surface area contributed by atoms with Crippen molar-refractivity contribution in [3.8, 4) is 6.07 Å². The third-order valence-electron chi connectivity index (χ3n) is 1.000. The van der Waals surface area contributed by atoms with Crippen molar-refractivity contribution in [1.29, 1.82) is 5.26 Å². The van der Waals surface area contributed by atoms with Crippen LogP contribution in [0.5, 0.6) is 0 Å². The van der Waals surface area contributed by atoms with Crippen LogP contribution in [-0.4, -0.2) is 5.78 Å². The van der Waals surface area contributed by atoms with Crippen LogP contribution in [0.1, 0.15) is 48.5 Å². The second-order valence-corrected chi connectivity index (χ2v) is 2.49. The first kappa shape index (κ1) is 18.6. The van der Waals surface area contributed by atoms with Gasteiger partial charge in [0.2, 0.25) is 0 Å². The molecule has 0 spiro atoms. The van der Waals surface area contributed by atoms with Crippen molar-refractivity contribution < 1.29 is 4.79 Å². The zero-order chi connectivity index (χ0) is 12.1. The number of hydrogen-bond acceptors (Lipinski definition) is 2. The van der Waals surface area contributed by atoms with Gasteiger partial charge in [0.05, 0.1) is 5.57 Å². The maximum Gasteiger partial charge on any atom is 0.169 e. The Labute approximate surface area is 88.6 Å². The Morgan fingerprint density at radius 3 is 1.64 bits per heavy atom. The molecule has 0 unspecified atom stereocenters. The summed E-state index contributed by atoms with van der Waals surface area (Å²) < 4.78 is 0. The first-order valence-electron chi connectivity index (χ1n) is 5.20. The van der Waals surface area contributed by atoms with Crippen molar-refractivity contribution in [1.82, 2.24) is 0 Å². The van der Waals surface area contributed by atoms with E-state index in [1.165, 1.54) is 6.92 Å². The Bertz CT molecular complexity index is 197. The van der Waals surface area contributed by atoms with Crippen LogP contribution in [0, 0.1) is 17.2 Å². The highest BCUT2D eigenvalue weighted by Crippen LogP contribution is 2.01. The molecule has 0 saturated carbocycles. The third-order valence-corrected chi connectivity index (χ3v) is 1.000. The van der Waals surface area contributed by atoms with E-state index in [0.29, 0.717) is 0 Å². The fourth-order valence-corrected chi connectivity index (χ4v) is 0.567. The van der Waals surface area contributed by atoms with E-state index in [1.807, 2.05) is 47.6 Å². The molecule has 0 aliphatic carbocycles. The van der Waals surface area contributed by atoms with Gasteiger partial charge >= 0.3 is 0 Å². The molecule has 0 aromatic carbocycles. The molecule has 0 atom stereocenters. The van der Waals surface area contributed by atoms with Crippen molar-refractivity contribution in [2.24, 2.45) is 5.92 Å². The molecule has 0 rings (SSSR count). The van der Waals surface area contributed by atoms with Crippen LogP contribution in [0.4, 0.5) is 0 Å². The number of Topliss-reactive ketones (excluding diaryl/α,β-unsaturated/α-hetero) is 1. The SMILES string of the molecule is CC.CC.CC(=O)/C(C#N)=C/C(C)C. The number of carbonyl (C=O) groups is 1. The van der Waals surface area contributed by atoms with E-state index in [4.69, 9.17) is 5.26 Å². The lowest BCUT2D eigenvalue weighted by Crippen LogP contribution is -1.95. The van der Waals surface area contributed by atoms with Crippen molar-refractivity contribution in [3.63, 3.8) is 0 Å². The van der Waals surface area contributed by atoms with Gasteiger partial charge in [-0.3, -0.25) is 4.79 Å². The highest BCUT2D eigenvalue weighted by Gasteiger charge is 2.01. The highest BCUT2D eigenvalue weighted by molar-refractivity contribution is 5.97. The van der Waals surface area contributed by atoms with Gasteiger partial charge in [-0.25, -0.2) is 0 Å². The number of ketones is 1. The second kappa shape index (κ2) is 14.4. The van der Waals surface area contributed by atoms with Crippen LogP contribution in [-0.2, 0) is 4.79 Å². The van der Waals surface area contributed by atoms with Gasteiger partial charge in [0, 0.05) is 0 Å². The van der Waals surface area contributed by atoms with Gasteiger partial charge in [0.25, 0.3) is 0 Å². The summed E-state index contributed by atoms with van der Waals surface area (Å²) >= 11 is 0. The summed E-state index contributed by atoms with van der Waals surface area (Å²) in [5.74, 6) is 0.106. The Kier molecular flexibility index (Phi) is 19.2. The molecule has 2 nitrogen and oxygen atoms in total. The molecule has 0 saturated heterocycles. The molecule has 0 N–H and O–H groups in total. The average molecular weight is 197 g/mol. The normalized spacial score (nSPS) is 8.93. The van der Waals surface area contributed by atoms with E-state index in [-0.39, 0.29) is 17.3 Å². The minimum absolute atomic E-state index is 0.156. The first-order chi connectivity index (χ1) is 6.57. The van der Waals surface area contributed by atoms with Gasteiger partial charge in [0.1, 0.15) is 6.07 Å². The average Bonchev–Trinajstić information content (AvgIpc) is 2.19. The summed E-state index contributed by atoms with van der Waals surface area (Å²) in [6, 6.07) is 1.84. The minimum atomic E-state index is -0.156. The van der Waals surface area contributed by atoms with E-state index < -0.39 is 0 Å². The fraction of sp³-hybridized carbons (Fsp3) is 0.667. The van der Waals surface area contributed by atoms with Gasteiger partial charge in [-0.2, -0.15) is 5.26 Å². The molecule has 0 bridgehead atoms. The molecule has 0 aliphatic rings. The molecule has 2 heteroatoms. The van der Waals surface area contributed by atoms with Gasteiger partial charge in [-0.15, -0.1) is 0 Å². The van der Waals surface area contributed by atoms with Crippen molar-refractivity contribution in [2.45, 2.75) is 48.5 Å². The molecular weight excluding hydrogens is 174 g/mol. The lowest BCUT2D eigenvalue weighted by molar-refractivity contribution is -0.113. The number of carbonyl (C=O) groups excluding carboxylic acids is 1. The van der Waals surface area contributed by atoms with E-state index in [1.54, 1.807) is 6.08 Å². The maximum atomic E-state index is 10.6. The van der Waals surface area contributed by atoms with Crippen molar-refractivity contribution >= 4 is 5.78 Å². The zero-order valence-corrected chi connectivity index (χ0v) is 10.5. The molecule has 0 radical (unpaired) electrons. The molecule has 0 fully saturated rings. The van der Waals surface area contributed by atoms with Gasteiger partial charge in [-0.05, 0) is 12.8 Å². The van der Waals surface area contributed by atoms with Crippen LogP contribution < -0.4 is 0 Å². The Morgan fingerprint density at radius 2 is 1.57 bits per heavy atom. The zero-order valence-electron chi connectivity index (χ0n) is 10.5. The smallest absolute Gasteiger partial charge is 0.169 e. The maximum absolute atomic E-state index is 10.6. The predicted molar refractivity (Wildman–Crippen MR) is 61.9 cm³/mol. The lowest BCUT2D eigenvalue weighted by atomic mass is 10.1. The third kappa shape index (κ3) is 13.5. The van der Waals surface area contributed by atoms with E-state index >= 15 is 0 Å². The number of nitrogens with zero attached hydrogens (tertiary/aromatic N) is 1. The largest absolute Gasteiger partial charge is 0.294 e. The molecule has 0 aromatic rings. The molecule has 0 heterocycles. The van der Waals surface area contributed by atoms with Crippen LogP contribution in [0.2, 0.25) is 0 Å². The van der Waals surface area contributed by atoms with Crippen molar-refractivity contribution in [3.05, 3.63) is 11.6 Å². The number of allylic oxidation sites excluding steroid dienone is 2. The molecule has 0 aromatic heterocycles. The van der Waals surface area contributed by atoms with E-state index in [0.717, 1.165) is 0 Å². The number of nitriles is 1. The summed E-state index contributed by atoms with van der Waals surface area (Å²) in [6.07, 6.45) is 1.67. The van der Waals surface area contributed by atoms with Gasteiger partial charge < -0.3 is 0 Å². The molecule has 82 valence electrons. The molecular formula is C12H23NO. The Morgan fingerprint density at radius 1 is 1.21 bits per heavy atom. The van der Waals surface area contributed by atoms with Crippen LogP contribution in [0.3, 0.4) is 0 Å². The second-order valence-electron chi connectivity index (χ2n) is 2.49. The minimum Gasteiger partial charge on any atom is -0.294 e. The van der Waals surface area contributed by atoms with E-state index in [2.05, 4.69) is 0 Å². The standard InChI is InChI=1S/C8H11NO.2C2H6/c1-6(2)4-8(5-9)7(3)10;2*1-2/h4,6H,1-3H3;2*1-2H3/b8-4+;;. The number of rotatable bonds is 2. The molecule has 0 aliphatic heterocycles. The highest BCUT2D eigenvalue weighted by atomic mass is 16.1. The van der Waals surface area contributed by atoms with E-state index in [9.17, 15) is 4.79 Å². The summed E-state index contributed by atoms with van der Waals surface area (Å²) in [7, 11) is 0. The van der Waals surface area contributed by atoms with Crippen LogP contribution >= 0.6 is 0 Å². The van der Waals surface area contributed by atoms with Gasteiger partial charge in [-0.1, -0.05) is 47.6 Å². The lowest BCUT2D eigenvalue weighted by Gasteiger charge is -1.94. The van der Waals surface area contributed by atoms with Gasteiger partial charge in [0.15, 0.2) is 5.78 Å². The van der Waals surface area contributed by atoms with Crippen molar-refractivity contribution in [2.75, 3.05) is 0 Å². The summed E-state index contributed by atoms with van der Waals surface area (Å²) in [4.78, 5) is 10.6. The van der Waals surface area contributed by atoms with Crippen LogP contribution in [0.15, 0.2) is 11.6 Å². The predicted octanol–water partition coefficient (Wildman–Crippen LogP) is 3.73. The Balaban J connectivity index is -0.000000266. The first-order valence-corrected chi connectivity index (χ1v) is 5.20. The Hall–Kier alpha value is -1.10. The summed E-state index contributed by atoms with van der Waals surface area (Å²) in [6.45, 7) is 13.3. The summed E-state index contributed by atoms with van der Waals surface area (Å²) in [5.41, 5.74) is 0.259. The topological polar surface area (TPSA) is 40.9 Å². The quantitative estimate of drug-likeness (QED) is 0.500. The number of hydrogen-bond donors (Lipinski definition) is 0. The monoisotopic (exact) mass is 197 g/mol.